The molecule has 1 amide bonds. The molecule has 7 heteroatoms. The number of hydrogen-bond acceptors (Lipinski definition) is 5. The fourth-order valence-electron chi connectivity index (χ4n) is 2.56. The average molecular weight is 371 g/mol. The molecule has 0 fully saturated rings. The fourth-order valence-corrected chi connectivity index (χ4v) is 2.56. The van der Waals surface area contributed by atoms with Crippen LogP contribution in [0.15, 0.2) is 57.7 Å². The first-order chi connectivity index (χ1) is 13.0. The Labute approximate surface area is 154 Å². The Morgan fingerprint density at radius 1 is 1.15 bits per heavy atom. The molecule has 0 N–H and O–H groups in total. The second-order valence-electron chi connectivity index (χ2n) is 5.96. The standard InChI is InChI=1S/C20H18FNO5/c1-22(11-13-3-7-17(25-2)16(21)9-13)19(23)12-26-15-6-4-14-5-8-20(24)27-18(14)10-15/h3-10H,11-12H2,1-2H3. The third-order valence-corrected chi connectivity index (χ3v) is 4.02. The molecule has 1 heterocycles. The number of nitrogens with zero attached hydrogens (tertiary/aromatic N) is 1. The molecule has 1 aromatic heterocycles. The van der Waals surface area contributed by atoms with Crippen LogP contribution in [-0.4, -0.2) is 31.6 Å². The molecule has 0 atom stereocenters. The van der Waals surface area contributed by atoms with Gasteiger partial charge in [0.25, 0.3) is 5.91 Å². The minimum absolute atomic E-state index is 0.152. The van der Waals surface area contributed by atoms with Crippen LogP contribution in [-0.2, 0) is 11.3 Å². The fraction of sp³-hybridized carbons (Fsp3) is 0.200. The highest BCUT2D eigenvalue weighted by molar-refractivity contribution is 5.79. The predicted molar refractivity (Wildman–Crippen MR) is 97.4 cm³/mol. The van der Waals surface area contributed by atoms with Gasteiger partial charge in [-0.1, -0.05) is 6.07 Å². The molecule has 0 aliphatic carbocycles. The van der Waals surface area contributed by atoms with E-state index in [4.69, 9.17) is 13.9 Å². The Hall–Kier alpha value is -3.35. The predicted octanol–water partition coefficient (Wildman–Crippen LogP) is 2.98. The Morgan fingerprint density at radius 3 is 2.67 bits per heavy atom. The first kappa shape index (κ1) is 18.4. The van der Waals surface area contributed by atoms with Crippen molar-refractivity contribution in [2.45, 2.75) is 6.54 Å². The van der Waals surface area contributed by atoms with Gasteiger partial charge >= 0.3 is 5.63 Å². The molecule has 0 aliphatic heterocycles. The van der Waals surface area contributed by atoms with E-state index in [-0.39, 0.29) is 24.8 Å². The zero-order valence-electron chi connectivity index (χ0n) is 14.9. The summed E-state index contributed by atoms with van der Waals surface area (Å²) < 4.78 is 29.2. The molecule has 0 unspecified atom stereocenters. The van der Waals surface area contributed by atoms with Crippen molar-refractivity contribution >= 4 is 16.9 Å². The first-order valence-electron chi connectivity index (χ1n) is 8.19. The first-order valence-corrected chi connectivity index (χ1v) is 8.19. The average Bonchev–Trinajstić information content (AvgIpc) is 2.65. The van der Waals surface area contributed by atoms with Crippen molar-refractivity contribution in [2.24, 2.45) is 0 Å². The van der Waals surface area contributed by atoms with E-state index < -0.39 is 11.4 Å². The van der Waals surface area contributed by atoms with Crippen molar-refractivity contribution in [3.05, 3.63) is 70.3 Å². The number of rotatable bonds is 6. The van der Waals surface area contributed by atoms with Gasteiger partial charge in [0.2, 0.25) is 0 Å². The van der Waals surface area contributed by atoms with Crippen molar-refractivity contribution < 1.29 is 23.1 Å². The summed E-state index contributed by atoms with van der Waals surface area (Å²) >= 11 is 0. The molecule has 6 nitrogen and oxygen atoms in total. The zero-order valence-corrected chi connectivity index (χ0v) is 14.9. The van der Waals surface area contributed by atoms with E-state index in [2.05, 4.69) is 0 Å². The lowest BCUT2D eigenvalue weighted by atomic mass is 10.2. The van der Waals surface area contributed by atoms with Gasteiger partial charge in [-0.15, -0.1) is 0 Å². The van der Waals surface area contributed by atoms with Crippen molar-refractivity contribution in [2.75, 3.05) is 20.8 Å². The molecule has 0 aliphatic rings. The molecular formula is C20H18FNO5. The van der Waals surface area contributed by atoms with Crippen LogP contribution in [0.3, 0.4) is 0 Å². The summed E-state index contributed by atoms with van der Waals surface area (Å²) in [7, 11) is 3.00. The van der Waals surface area contributed by atoms with Crippen LogP contribution in [0.25, 0.3) is 11.0 Å². The van der Waals surface area contributed by atoms with Crippen LogP contribution in [0.1, 0.15) is 5.56 Å². The summed E-state index contributed by atoms with van der Waals surface area (Å²) in [4.78, 5) is 25.0. The van der Waals surface area contributed by atoms with Crippen LogP contribution >= 0.6 is 0 Å². The highest BCUT2D eigenvalue weighted by atomic mass is 19.1. The SMILES string of the molecule is COc1ccc(CN(C)C(=O)COc2ccc3ccc(=O)oc3c2)cc1F. The lowest BCUT2D eigenvalue weighted by Gasteiger charge is -2.18. The van der Waals surface area contributed by atoms with E-state index in [1.807, 2.05) is 0 Å². The van der Waals surface area contributed by atoms with Gasteiger partial charge in [-0.2, -0.15) is 0 Å². The third-order valence-electron chi connectivity index (χ3n) is 4.02. The van der Waals surface area contributed by atoms with Crippen molar-refractivity contribution in [1.29, 1.82) is 0 Å². The number of methoxy groups -OCH3 is 1. The van der Waals surface area contributed by atoms with E-state index in [9.17, 15) is 14.0 Å². The van der Waals surface area contributed by atoms with Crippen LogP contribution < -0.4 is 15.1 Å². The number of halogens is 1. The van der Waals surface area contributed by atoms with Crippen LogP contribution in [0, 0.1) is 5.82 Å². The van der Waals surface area contributed by atoms with E-state index in [1.54, 1.807) is 37.4 Å². The van der Waals surface area contributed by atoms with Gasteiger partial charge in [-0.05, 0) is 35.9 Å². The number of ether oxygens (including phenoxy) is 2. The highest BCUT2D eigenvalue weighted by Gasteiger charge is 2.12. The minimum atomic E-state index is -0.482. The molecule has 0 saturated heterocycles. The largest absolute Gasteiger partial charge is 0.494 e. The number of likely N-dealkylation sites (N-methyl/N-ethyl adjacent to an activating group) is 1. The smallest absolute Gasteiger partial charge is 0.336 e. The maximum atomic E-state index is 13.7. The summed E-state index contributed by atoms with van der Waals surface area (Å²) in [6.07, 6.45) is 0. The van der Waals surface area contributed by atoms with Crippen LogP contribution in [0.4, 0.5) is 4.39 Å². The Morgan fingerprint density at radius 2 is 1.93 bits per heavy atom. The third kappa shape index (κ3) is 4.44. The Kier molecular flexibility index (Phi) is 5.40. The van der Waals surface area contributed by atoms with Gasteiger partial charge in [0.15, 0.2) is 18.2 Å². The second kappa shape index (κ2) is 7.90. The molecule has 140 valence electrons. The summed E-state index contributed by atoms with van der Waals surface area (Å²) in [6, 6.07) is 12.5. The molecule has 3 aromatic rings. The number of hydrogen-bond donors (Lipinski definition) is 0. The topological polar surface area (TPSA) is 69.0 Å². The number of carbonyl (C=O) groups excluding carboxylic acids is 1. The zero-order chi connectivity index (χ0) is 19.4. The molecule has 27 heavy (non-hydrogen) atoms. The molecule has 0 bridgehead atoms. The monoisotopic (exact) mass is 371 g/mol. The van der Waals surface area contributed by atoms with E-state index in [1.165, 1.54) is 30.2 Å². The molecular weight excluding hydrogens is 353 g/mol. The molecule has 0 saturated carbocycles. The summed E-state index contributed by atoms with van der Waals surface area (Å²) in [5.74, 6) is -0.196. The van der Waals surface area contributed by atoms with Gasteiger partial charge in [0.05, 0.1) is 7.11 Å². The summed E-state index contributed by atoms with van der Waals surface area (Å²) in [5, 5.41) is 0.756. The van der Waals surface area contributed by atoms with Gasteiger partial charge in [0, 0.05) is 31.1 Å². The molecule has 2 aromatic carbocycles. The van der Waals surface area contributed by atoms with Crippen molar-refractivity contribution in [3.63, 3.8) is 0 Å². The lowest BCUT2D eigenvalue weighted by Crippen LogP contribution is -2.31. The van der Waals surface area contributed by atoms with Crippen molar-refractivity contribution in [1.82, 2.24) is 4.90 Å². The number of amides is 1. The van der Waals surface area contributed by atoms with Gasteiger partial charge in [-0.25, -0.2) is 9.18 Å². The Balaban J connectivity index is 1.61. The second-order valence-corrected chi connectivity index (χ2v) is 5.96. The normalized spacial score (nSPS) is 10.6. The number of benzene rings is 2. The summed E-state index contributed by atoms with van der Waals surface area (Å²) in [6.45, 7) is 0.0351. The van der Waals surface area contributed by atoms with E-state index in [0.717, 1.165) is 5.39 Å². The Bertz CT molecular complexity index is 1030. The number of carbonyl (C=O) groups is 1. The van der Waals surface area contributed by atoms with Gasteiger partial charge in [-0.3, -0.25) is 4.79 Å². The van der Waals surface area contributed by atoms with Crippen LogP contribution in [0.5, 0.6) is 11.5 Å². The number of fused-ring (bicyclic) bond motifs is 1. The van der Waals surface area contributed by atoms with E-state index >= 15 is 0 Å². The molecule has 0 spiro atoms. The van der Waals surface area contributed by atoms with Gasteiger partial charge in [0.1, 0.15) is 11.3 Å². The van der Waals surface area contributed by atoms with E-state index in [0.29, 0.717) is 16.9 Å². The quantitative estimate of drug-likeness (QED) is 0.623. The lowest BCUT2D eigenvalue weighted by molar-refractivity contribution is -0.132. The van der Waals surface area contributed by atoms with Crippen molar-refractivity contribution in [3.8, 4) is 11.5 Å². The van der Waals surface area contributed by atoms with Gasteiger partial charge < -0.3 is 18.8 Å². The van der Waals surface area contributed by atoms with Crippen LogP contribution in [0.2, 0.25) is 0 Å². The maximum absolute atomic E-state index is 13.7. The highest BCUT2D eigenvalue weighted by Crippen LogP contribution is 2.20. The molecule has 3 rings (SSSR count). The maximum Gasteiger partial charge on any atom is 0.336 e. The molecule has 0 radical (unpaired) electrons. The minimum Gasteiger partial charge on any atom is -0.494 e. The summed E-state index contributed by atoms with van der Waals surface area (Å²) in [5.41, 5.74) is 0.563.